The normalized spacial score (nSPS) is 16.5. The van der Waals surface area contributed by atoms with Crippen LogP contribution in [0.4, 0.5) is 5.82 Å². The Morgan fingerprint density at radius 2 is 2.00 bits per heavy atom. The van der Waals surface area contributed by atoms with Gasteiger partial charge in [-0.15, -0.1) is 11.3 Å². The van der Waals surface area contributed by atoms with Crippen LogP contribution in [-0.4, -0.2) is 35.9 Å². The van der Waals surface area contributed by atoms with E-state index < -0.39 is 0 Å². The van der Waals surface area contributed by atoms with Crippen LogP contribution in [-0.2, 0) is 6.54 Å². The van der Waals surface area contributed by atoms with Gasteiger partial charge in [0.1, 0.15) is 10.8 Å². The molecule has 1 aromatic carbocycles. The number of aromatic nitrogens is 2. The van der Waals surface area contributed by atoms with E-state index in [2.05, 4.69) is 26.6 Å². The second-order valence-electron chi connectivity index (χ2n) is 7.04. The quantitative estimate of drug-likeness (QED) is 0.712. The van der Waals surface area contributed by atoms with E-state index >= 15 is 0 Å². The Labute approximate surface area is 168 Å². The van der Waals surface area contributed by atoms with Crippen molar-refractivity contribution in [3.05, 3.63) is 53.7 Å². The molecule has 0 saturated carbocycles. The zero-order valence-corrected chi connectivity index (χ0v) is 16.3. The first-order valence-corrected chi connectivity index (χ1v) is 10.5. The Kier molecular flexibility index (Phi) is 4.85. The number of piperidine rings is 1. The smallest absolute Gasteiger partial charge is 0.231 e. The van der Waals surface area contributed by atoms with Gasteiger partial charge in [-0.25, -0.2) is 9.97 Å². The average molecular weight is 395 g/mol. The van der Waals surface area contributed by atoms with Crippen LogP contribution in [0.1, 0.15) is 18.5 Å². The minimum absolute atomic E-state index is 0.297. The highest BCUT2D eigenvalue weighted by atomic mass is 32.1. The van der Waals surface area contributed by atoms with Gasteiger partial charge in [-0.3, -0.25) is 0 Å². The van der Waals surface area contributed by atoms with Gasteiger partial charge >= 0.3 is 0 Å². The number of anilines is 1. The number of fused-ring (bicyclic) bond motifs is 1. The maximum absolute atomic E-state index is 5.47. The number of pyridine rings is 1. The summed E-state index contributed by atoms with van der Waals surface area (Å²) in [5, 5.41) is 6.82. The number of rotatable bonds is 5. The SMILES string of the molecule is c1ccc(N2CCC(NCc3csc(-c4ccc5c(c4)OCO5)n3)CC2)nc1. The van der Waals surface area contributed by atoms with Crippen molar-refractivity contribution < 1.29 is 9.47 Å². The summed E-state index contributed by atoms with van der Waals surface area (Å²) in [5.41, 5.74) is 2.16. The van der Waals surface area contributed by atoms with Crippen LogP contribution in [0.2, 0.25) is 0 Å². The van der Waals surface area contributed by atoms with Crippen LogP contribution in [0.3, 0.4) is 0 Å². The Hall–Kier alpha value is -2.64. The van der Waals surface area contributed by atoms with E-state index in [0.29, 0.717) is 12.8 Å². The second kappa shape index (κ2) is 7.77. The van der Waals surface area contributed by atoms with Crippen molar-refractivity contribution >= 4 is 17.2 Å². The van der Waals surface area contributed by atoms with Crippen molar-refractivity contribution in [3.63, 3.8) is 0 Å². The third-order valence-electron chi connectivity index (χ3n) is 5.21. The lowest BCUT2D eigenvalue weighted by Gasteiger charge is -2.33. The fraction of sp³-hybridized carbons (Fsp3) is 0.333. The standard InChI is InChI=1S/C21H22N4O2S/c1-2-8-22-20(3-1)25-9-6-16(7-10-25)23-12-17-13-28-21(24-17)15-4-5-18-19(11-15)27-14-26-18/h1-5,8,11,13,16,23H,6-7,9-10,12,14H2. The van der Waals surface area contributed by atoms with E-state index in [1.165, 1.54) is 0 Å². The first kappa shape index (κ1) is 17.5. The molecule has 0 amide bonds. The van der Waals surface area contributed by atoms with Crippen molar-refractivity contribution in [3.8, 4) is 22.1 Å². The Morgan fingerprint density at radius 3 is 2.86 bits per heavy atom. The molecule has 1 fully saturated rings. The molecule has 0 unspecified atom stereocenters. The number of thiazole rings is 1. The highest BCUT2D eigenvalue weighted by molar-refractivity contribution is 7.13. The topological polar surface area (TPSA) is 59.5 Å². The molecule has 1 saturated heterocycles. The second-order valence-corrected chi connectivity index (χ2v) is 7.90. The molecule has 4 heterocycles. The van der Waals surface area contributed by atoms with Gasteiger partial charge in [-0.2, -0.15) is 0 Å². The van der Waals surface area contributed by atoms with Crippen molar-refractivity contribution in [1.29, 1.82) is 0 Å². The van der Waals surface area contributed by atoms with Crippen LogP contribution in [0.25, 0.3) is 10.6 Å². The van der Waals surface area contributed by atoms with Gasteiger partial charge in [0.15, 0.2) is 11.5 Å². The molecule has 3 aromatic rings. The molecule has 2 aliphatic rings. The highest BCUT2D eigenvalue weighted by Crippen LogP contribution is 2.36. The Balaban J connectivity index is 1.15. The fourth-order valence-corrected chi connectivity index (χ4v) is 4.47. The van der Waals surface area contributed by atoms with Crippen LogP contribution in [0.5, 0.6) is 11.5 Å². The lowest BCUT2D eigenvalue weighted by Crippen LogP contribution is -2.42. The molecule has 2 aromatic heterocycles. The number of ether oxygens (including phenoxy) is 2. The molecule has 2 aliphatic heterocycles. The summed E-state index contributed by atoms with van der Waals surface area (Å²) < 4.78 is 10.8. The molecule has 0 atom stereocenters. The maximum atomic E-state index is 5.47. The van der Waals surface area contributed by atoms with E-state index in [1.807, 2.05) is 36.5 Å². The van der Waals surface area contributed by atoms with Crippen LogP contribution < -0.4 is 19.7 Å². The van der Waals surface area contributed by atoms with Crippen molar-refractivity contribution in [1.82, 2.24) is 15.3 Å². The summed E-state index contributed by atoms with van der Waals surface area (Å²) in [6.45, 7) is 3.17. The van der Waals surface area contributed by atoms with E-state index in [0.717, 1.165) is 66.1 Å². The fourth-order valence-electron chi connectivity index (χ4n) is 3.65. The molecule has 1 N–H and O–H groups in total. The van der Waals surface area contributed by atoms with E-state index in [4.69, 9.17) is 14.5 Å². The average Bonchev–Trinajstić information content (AvgIpc) is 3.42. The lowest BCUT2D eigenvalue weighted by atomic mass is 10.0. The van der Waals surface area contributed by atoms with Crippen LogP contribution >= 0.6 is 11.3 Å². The third-order valence-corrected chi connectivity index (χ3v) is 6.15. The first-order chi connectivity index (χ1) is 13.8. The lowest BCUT2D eigenvalue weighted by molar-refractivity contribution is 0.174. The van der Waals surface area contributed by atoms with Gasteiger partial charge < -0.3 is 19.7 Å². The third kappa shape index (κ3) is 3.68. The van der Waals surface area contributed by atoms with Crippen molar-refractivity contribution in [2.24, 2.45) is 0 Å². The minimum Gasteiger partial charge on any atom is -0.454 e. The molecule has 0 radical (unpaired) electrons. The molecular weight excluding hydrogens is 372 g/mol. The van der Waals surface area contributed by atoms with E-state index in [1.54, 1.807) is 11.3 Å². The van der Waals surface area contributed by atoms with Gasteiger partial charge in [-0.05, 0) is 43.2 Å². The minimum atomic E-state index is 0.297. The Bertz CT molecular complexity index is 939. The van der Waals surface area contributed by atoms with Gasteiger partial charge in [-0.1, -0.05) is 6.07 Å². The zero-order chi connectivity index (χ0) is 18.8. The summed E-state index contributed by atoms with van der Waals surface area (Å²) in [6.07, 6.45) is 4.10. The predicted molar refractivity (Wildman–Crippen MR) is 110 cm³/mol. The predicted octanol–water partition coefficient (Wildman–Crippen LogP) is 3.69. The van der Waals surface area contributed by atoms with Gasteiger partial charge in [0.2, 0.25) is 6.79 Å². The number of hydrogen-bond donors (Lipinski definition) is 1. The van der Waals surface area contributed by atoms with Crippen molar-refractivity contribution in [2.45, 2.75) is 25.4 Å². The van der Waals surface area contributed by atoms with Crippen LogP contribution in [0, 0.1) is 0 Å². The van der Waals surface area contributed by atoms with Gasteiger partial charge in [0.05, 0.1) is 5.69 Å². The molecule has 6 nitrogen and oxygen atoms in total. The molecular formula is C21H22N4O2S. The molecule has 7 heteroatoms. The van der Waals surface area contributed by atoms with E-state index in [9.17, 15) is 0 Å². The maximum Gasteiger partial charge on any atom is 0.231 e. The van der Waals surface area contributed by atoms with Gasteiger partial charge in [0.25, 0.3) is 0 Å². The summed E-state index contributed by atoms with van der Waals surface area (Å²) in [4.78, 5) is 11.6. The Morgan fingerprint density at radius 1 is 1.11 bits per heavy atom. The largest absolute Gasteiger partial charge is 0.454 e. The molecule has 5 rings (SSSR count). The van der Waals surface area contributed by atoms with Crippen LogP contribution in [0.15, 0.2) is 48.0 Å². The van der Waals surface area contributed by atoms with Crippen molar-refractivity contribution in [2.75, 3.05) is 24.8 Å². The molecule has 0 aliphatic carbocycles. The summed E-state index contributed by atoms with van der Waals surface area (Å²) in [6, 6.07) is 12.6. The summed E-state index contributed by atoms with van der Waals surface area (Å²) >= 11 is 1.67. The summed E-state index contributed by atoms with van der Waals surface area (Å²) in [5.74, 6) is 2.68. The first-order valence-electron chi connectivity index (χ1n) is 9.59. The number of hydrogen-bond acceptors (Lipinski definition) is 7. The number of nitrogens with zero attached hydrogens (tertiary/aromatic N) is 3. The molecule has 28 heavy (non-hydrogen) atoms. The van der Waals surface area contributed by atoms with E-state index in [-0.39, 0.29) is 0 Å². The van der Waals surface area contributed by atoms with Gasteiger partial charge in [0, 0.05) is 42.8 Å². The molecule has 0 spiro atoms. The molecule has 0 bridgehead atoms. The summed E-state index contributed by atoms with van der Waals surface area (Å²) in [7, 11) is 0. The molecule has 144 valence electrons. The monoisotopic (exact) mass is 394 g/mol. The number of nitrogens with one attached hydrogen (secondary N) is 1. The highest BCUT2D eigenvalue weighted by Gasteiger charge is 2.20. The zero-order valence-electron chi connectivity index (χ0n) is 15.5. The number of benzene rings is 1.